The van der Waals surface area contributed by atoms with Crippen molar-refractivity contribution in [3.8, 4) is 6.01 Å². The first-order valence-corrected chi connectivity index (χ1v) is 13.8. The van der Waals surface area contributed by atoms with Crippen molar-refractivity contribution >= 4 is 17.4 Å². The first-order chi connectivity index (χ1) is 19.7. The number of rotatable bonds is 7. The number of likely N-dealkylation sites (tertiary alicyclic amines) is 1. The fraction of sp³-hybridized carbons (Fsp3) is 0.517. The molecule has 1 amide bonds. The number of amides is 1. The molecule has 218 valence electrons. The van der Waals surface area contributed by atoms with Crippen LogP contribution in [0.15, 0.2) is 36.9 Å². The van der Waals surface area contributed by atoms with Gasteiger partial charge in [0.1, 0.15) is 18.5 Å². The number of para-hydroxylation sites is 1. The Hall–Kier alpha value is -3.85. The van der Waals surface area contributed by atoms with Crippen LogP contribution in [-0.4, -0.2) is 90.7 Å². The highest BCUT2D eigenvalue weighted by Gasteiger charge is 2.37. The molecule has 0 saturated carbocycles. The van der Waals surface area contributed by atoms with E-state index in [0.717, 1.165) is 31.0 Å². The van der Waals surface area contributed by atoms with Crippen molar-refractivity contribution < 1.29 is 22.7 Å². The lowest BCUT2D eigenvalue weighted by molar-refractivity contribution is -0.137. The Kier molecular flexibility index (Phi) is 8.35. The first-order valence-electron chi connectivity index (χ1n) is 13.8. The van der Waals surface area contributed by atoms with Crippen LogP contribution < -0.4 is 14.5 Å². The summed E-state index contributed by atoms with van der Waals surface area (Å²) in [5.74, 6) is 0.445. The molecule has 12 heteroatoms. The number of carbonyl (C=O) groups is 1. The van der Waals surface area contributed by atoms with E-state index in [1.807, 2.05) is 0 Å². The summed E-state index contributed by atoms with van der Waals surface area (Å²) in [5, 5.41) is 0. The minimum Gasteiger partial charge on any atom is -0.462 e. The van der Waals surface area contributed by atoms with Gasteiger partial charge in [-0.15, -0.1) is 0 Å². The van der Waals surface area contributed by atoms with Crippen molar-refractivity contribution in [2.24, 2.45) is 0 Å². The van der Waals surface area contributed by atoms with Gasteiger partial charge < -0.3 is 29.2 Å². The predicted molar refractivity (Wildman–Crippen MR) is 149 cm³/mol. The fourth-order valence-corrected chi connectivity index (χ4v) is 5.99. The topological polar surface area (TPSA) is 69.4 Å². The van der Waals surface area contributed by atoms with Gasteiger partial charge in [0.15, 0.2) is 0 Å². The number of fused-ring (bicyclic) bond motifs is 1. The van der Waals surface area contributed by atoms with E-state index in [1.54, 1.807) is 15.9 Å². The quantitative estimate of drug-likeness (QED) is 0.373. The fourth-order valence-electron chi connectivity index (χ4n) is 5.99. The summed E-state index contributed by atoms with van der Waals surface area (Å²) in [6.45, 7) is 14.4. The van der Waals surface area contributed by atoms with Crippen molar-refractivity contribution in [2.45, 2.75) is 44.1 Å². The van der Waals surface area contributed by atoms with Gasteiger partial charge in [-0.2, -0.15) is 23.1 Å². The second-order valence-corrected chi connectivity index (χ2v) is 10.7. The van der Waals surface area contributed by atoms with Crippen LogP contribution in [0.1, 0.15) is 29.7 Å². The average Bonchev–Trinajstić information content (AvgIpc) is 3.39. The molecule has 5 rings (SSSR count). The molecule has 1 aromatic carbocycles. The maximum Gasteiger partial charge on any atom is 0.418 e. The molecule has 0 radical (unpaired) electrons. The van der Waals surface area contributed by atoms with Crippen molar-refractivity contribution in [1.82, 2.24) is 19.8 Å². The van der Waals surface area contributed by atoms with E-state index in [1.165, 1.54) is 18.2 Å². The Morgan fingerprint density at radius 3 is 2.68 bits per heavy atom. The summed E-state index contributed by atoms with van der Waals surface area (Å²) in [7, 11) is 2.05. The smallest absolute Gasteiger partial charge is 0.418 e. The summed E-state index contributed by atoms with van der Waals surface area (Å²) >= 11 is 0. The SMILES string of the molecule is [C-]#[N+]CC1CN(c2nc(OC[C@H]3CCCN3C)nc3c2CCN(c2ccccc2C(F)(F)F)C3)CCN1C(=O)C=C. The van der Waals surface area contributed by atoms with Crippen molar-refractivity contribution in [3.63, 3.8) is 0 Å². The highest BCUT2D eigenvalue weighted by atomic mass is 19.4. The summed E-state index contributed by atoms with van der Waals surface area (Å²) in [4.78, 5) is 33.2. The number of benzene rings is 1. The molecule has 9 nitrogen and oxygen atoms in total. The summed E-state index contributed by atoms with van der Waals surface area (Å²) in [6.07, 6.45) is -0.672. The van der Waals surface area contributed by atoms with Crippen LogP contribution in [-0.2, 0) is 23.9 Å². The van der Waals surface area contributed by atoms with Crippen LogP contribution >= 0.6 is 0 Å². The van der Waals surface area contributed by atoms with E-state index in [2.05, 4.69) is 28.3 Å². The molecule has 0 bridgehead atoms. The van der Waals surface area contributed by atoms with Gasteiger partial charge >= 0.3 is 12.2 Å². The molecule has 1 unspecified atom stereocenters. The predicted octanol–water partition coefficient (Wildman–Crippen LogP) is 3.65. The number of carbonyl (C=O) groups excluding carboxylic acids is 1. The number of ether oxygens (including phenoxy) is 1. The van der Waals surface area contributed by atoms with Crippen LogP contribution in [0.25, 0.3) is 4.85 Å². The van der Waals surface area contributed by atoms with Crippen LogP contribution in [0.3, 0.4) is 0 Å². The van der Waals surface area contributed by atoms with Crippen LogP contribution in [0, 0.1) is 6.57 Å². The summed E-state index contributed by atoms with van der Waals surface area (Å²) < 4.78 is 47.6. The Morgan fingerprint density at radius 1 is 1.17 bits per heavy atom. The minimum atomic E-state index is -4.48. The van der Waals surface area contributed by atoms with Crippen molar-refractivity contribution in [1.29, 1.82) is 0 Å². The third-order valence-corrected chi connectivity index (χ3v) is 8.19. The second kappa shape index (κ2) is 11.9. The number of likely N-dealkylation sites (N-methyl/N-ethyl adjacent to an activating group) is 1. The lowest BCUT2D eigenvalue weighted by Gasteiger charge is -2.41. The summed E-state index contributed by atoms with van der Waals surface area (Å²) in [6, 6.07) is 5.69. The normalized spacial score (nSPS) is 21.4. The van der Waals surface area contributed by atoms with E-state index < -0.39 is 11.7 Å². The van der Waals surface area contributed by atoms with Gasteiger partial charge in [-0.1, -0.05) is 18.7 Å². The molecule has 3 aliphatic rings. The zero-order valence-electron chi connectivity index (χ0n) is 23.1. The number of nitrogens with zero attached hydrogens (tertiary/aromatic N) is 7. The first kappa shape index (κ1) is 28.7. The maximum absolute atomic E-state index is 13.8. The van der Waals surface area contributed by atoms with E-state index in [0.29, 0.717) is 50.7 Å². The molecule has 2 atom stereocenters. The Labute approximate surface area is 238 Å². The van der Waals surface area contributed by atoms with Gasteiger partial charge in [0.05, 0.1) is 17.8 Å². The zero-order valence-corrected chi connectivity index (χ0v) is 23.1. The highest BCUT2D eigenvalue weighted by molar-refractivity contribution is 5.87. The van der Waals surface area contributed by atoms with Gasteiger partial charge in [0.25, 0.3) is 0 Å². The second-order valence-electron chi connectivity index (χ2n) is 10.7. The Balaban J connectivity index is 1.47. The molecule has 2 fully saturated rings. The van der Waals surface area contributed by atoms with Crippen molar-refractivity contribution in [3.05, 3.63) is 65.2 Å². The van der Waals surface area contributed by atoms with Gasteiger partial charge in [-0.25, -0.2) is 6.57 Å². The third kappa shape index (κ3) is 6.10. The van der Waals surface area contributed by atoms with E-state index in [-0.39, 0.29) is 42.8 Å². The van der Waals surface area contributed by atoms with E-state index >= 15 is 0 Å². The minimum absolute atomic E-state index is 0.120. The van der Waals surface area contributed by atoms with Gasteiger partial charge in [-0.3, -0.25) is 4.79 Å². The van der Waals surface area contributed by atoms with Gasteiger partial charge in [-0.05, 0) is 51.1 Å². The third-order valence-electron chi connectivity index (χ3n) is 8.19. The molecule has 0 N–H and O–H groups in total. The van der Waals surface area contributed by atoms with E-state index in [9.17, 15) is 18.0 Å². The molecular weight excluding hydrogens is 535 g/mol. The van der Waals surface area contributed by atoms with Gasteiger partial charge in [0.2, 0.25) is 12.5 Å². The lowest BCUT2D eigenvalue weighted by Crippen LogP contribution is -2.56. The molecule has 4 heterocycles. The van der Waals surface area contributed by atoms with Crippen LogP contribution in [0.2, 0.25) is 0 Å². The zero-order chi connectivity index (χ0) is 29.1. The average molecular weight is 570 g/mol. The Morgan fingerprint density at radius 2 is 1.98 bits per heavy atom. The lowest BCUT2D eigenvalue weighted by atomic mass is 10.0. The molecule has 3 aliphatic heterocycles. The van der Waals surface area contributed by atoms with Gasteiger partial charge in [0, 0.05) is 43.5 Å². The van der Waals surface area contributed by atoms with Crippen LogP contribution in [0.5, 0.6) is 6.01 Å². The van der Waals surface area contributed by atoms with E-state index in [4.69, 9.17) is 21.3 Å². The largest absolute Gasteiger partial charge is 0.462 e. The number of hydrogen-bond donors (Lipinski definition) is 0. The monoisotopic (exact) mass is 569 g/mol. The molecular formula is C29H34F3N7O2. The number of alkyl halides is 3. The highest BCUT2D eigenvalue weighted by Crippen LogP contribution is 2.39. The number of piperazine rings is 1. The van der Waals surface area contributed by atoms with Crippen molar-refractivity contribution in [2.75, 3.05) is 62.7 Å². The maximum atomic E-state index is 13.8. The molecule has 2 aromatic rings. The number of aromatic nitrogens is 2. The van der Waals surface area contributed by atoms with Crippen LogP contribution in [0.4, 0.5) is 24.7 Å². The molecule has 41 heavy (non-hydrogen) atoms. The molecule has 1 aromatic heterocycles. The number of hydrogen-bond acceptors (Lipinski definition) is 7. The molecule has 0 aliphatic carbocycles. The summed E-state index contributed by atoms with van der Waals surface area (Å²) in [5.41, 5.74) is 0.929. The molecule has 2 saturated heterocycles. The standard InChI is InChI=1S/C29H34F3N7O2/c1-4-26(40)39-15-14-38(17-21(39)16-33-2)27-22-11-13-37(25-10-6-5-9-23(25)29(30,31)32)18-24(22)34-28(35-27)41-19-20-8-7-12-36(20)3/h4-6,9-10,20-21H,1,7-8,11-19H2,3H3/t20-,21?/m1/s1. The molecule has 0 spiro atoms. The Bertz CT molecular complexity index is 1330. The number of halogens is 3. The number of anilines is 2.